The molecule has 1 aromatic carbocycles. The van der Waals surface area contributed by atoms with Gasteiger partial charge < -0.3 is 15.0 Å². The SMILES string of the molecule is Cc1cc(Br)cc(C(=O)NC(C)C(=O)N2CCOCC2)c1. The minimum atomic E-state index is -0.546. The Bertz CT molecular complexity index is 521. The highest BCUT2D eigenvalue weighted by Crippen LogP contribution is 2.15. The van der Waals surface area contributed by atoms with Gasteiger partial charge in [-0.3, -0.25) is 9.59 Å². The van der Waals surface area contributed by atoms with Crippen molar-refractivity contribution in [1.82, 2.24) is 10.2 Å². The number of morpholine rings is 1. The van der Waals surface area contributed by atoms with E-state index in [4.69, 9.17) is 4.74 Å². The lowest BCUT2D eigenvalue weighted by Gasteiger charge is -2.29. The number of hydrogen-bond donors (Lipinski definition) is 1. The number of carbonyl (C=O) groups excluding carboxylic acids is 2. The molecule has 1 unspecified atom stereocenters. The van der Waals surface area contributed by atoms with Crippen molar-refractivity contribution in [3.05, 3.63) is 33.8 Å². The fraction of sp³-hybridized carbons (Fsp3) is 0.467. The first-order valence-corrected chi connectivity index (χ1v) is 7.71. The molecule has 1 fully saturated rings. The number of amides is 2. The maximum atomic E-state index is 12.2. The molecule has 1 saturated heterocycles. The average molecular weight is 355 g/mol. The first kappa shape index (κ1) is 16.0. The fourth-order valence-electron chi connectivity index (χ4n) is 2.27. The van der Waals surface area contributed by atoms with Crippen LogP contribution in [0.3, 0.4) is 0 Å². The third kappa shape index (κ3) is 4.28. The molecule has 0 bridgehead atoms. The molecule has 114 valence electrons. The highest BCUT2D eigenvalue weighted by atomic mass is 79.9. The van der Waals surface area contributed by atoms with Crippen LogP contribution in [0.2, 0.25) is 0 Å². The number of benzene rings is 1. The number of ether oxygens (including phenoxy) is 1. The number of nitrogens with one attached hydrogen (secondary N) is 1. The van der Waals surface area contributed by atoms with Crippen LogP contribution in [0.25, 0.3) is 0 Å². The molecule has 0 saturated carbocycles. The van der Waals surface area contributed by atoms with Crippen LogP contribution in [0.5, 0.6) is 0 Å². The van der Waals surface area contributed by atoms with E-state index >= 15 is 0 Å². The maximum absolute atomic E-state index is 12.2. The molecule has 0 radical (unpaired) electrons. The van der Waals surface area contributed by atoms with Gasteiger partial charge in [-0.15, -0.1) is 0 Å². The molecule has 1 aromatic rings. The largest absolute Gasteiger partial charge is 0.378 e. The van der Waals surface area contributed by atoms with Gasteiger partial charge in [0.1, 0.15) is 6.04 Å². The molecular formula is C15H19BrN2O3. The Labute approximate surface area is 132 Å². The van der Waals surface area contributed by atoms with Crippen molar-refractivity contribution in [2.45, 2.75) is 19.9 Å². The van der Waals surface area contributed by atoms with E-state index in [-0.39, 0.29) is 11.8 Å². The Balaban J connectivity index is 1.99. The number of rotatable bonds is 3. The number of aryl methyl sites for hydroxylation is 1. The lowest BCUT2D eigenvalue weighted by Crippen LogP contribution is -2.50. The standard InChI is InChI=1S/C15H19BrN2O3/c1-10-7-12(9-13(16)8-10)14(19)17-11(2)15(20)18-3-5-21-6-4-18/h7-9,11H,3-6H2,1-2H3,(H,17,19). The molecular weight excluding hydrogens is 336 g/mol. The lowest BCUT2D eigenvalue weighted by molar-refractivity contribution is -0.136. The van der Waals surface area contributed by atoms with Gasteiger partial charge in [0.25, 0.3) is 5.91 Å². The van der Waals surface area contributed by atoms with E-state index in [2.05, 4.69) is 21.2 Å². The van der Waals surface area contributed by atoms with Crippen LogP contribution in [-0.4, -0.2) is 49.1 Å². The minimum absolute atomic E-state index is 0.0710. The quantitative estimate of drug-likeness (QED) is 0.899. The summed E-state index contributed by atoms with van der Waals surface area (Å²) in [6.07, 6.45) is 0. The molecule has 2 amide bonds. The molecule has 1 atom stereocenters. The second kappa shape index (κ2) is 7.04. The van der Waals surface area contributed by atoms with Crippen molar-refractivity contribution < 1.29 is 14.3 Å². The summed E-state index contributed by atoms with van der Waals surface area (Å²) in [4.78, 5) is 26.2. The van der Waals surface area contributed by atoms with Crippen LogP contribution in [0.4, 0.5) is 0 Å². The molecule has 1 N–H and O–H groups in total. The third-order valence-corrected chi connectivity index (χ3v) is 3.80. The van der Waals surface area contributed by atoms with Gasteiger partial charge in [-0.25, -0.2) is 0 Å². The number of halogens is 1. The Hall–Kier alpha value is -1.40. The van der Waals surface area contributed by atoms with Gasteiger partial charge in [0.2, 0.25) is 5.91 Å². The van der Waals surface area contributed by atoms with E-state index < -0.39 is 6.04 Å². The summed E-state index contributed by atoms with van der Waals surface area (Å²) in [5, 5.41) is 2.76. The second-order valence-electron chi connectivity index (χ2n) is 5.15. The van der Waals surface area contributed by atoms with Crippen molar-refractivity contribution in [2.24, 2.45) is 0 Å². The third-order valence-electron chi connectivity index (χ3n) is 3.35. The monoisotopic (exact) mass is 354 g/mol. The zero-order valence-corrected chi connectivity index (χ0v) is 13.8. The molecule has 21 heavy (non-hydrogen) atoms. The maximum Gasteiger partial charge on any atom is 0.251 e. The Kier molecular flexibility index (Phi) is 5.36. The van der Waals surface area contributed by atoms with Crippen molar-refractivity contribution in [3.63, 3.8) is 0 Å². The van der Waals surface area contributed by atoms with E-state index in [1.165, 1.54) is 0 Å². The Morgan fingerprint density at radius 2 is 1.95 bits per heavy atom. The van der Waals surface area contributed by atoms with Crippen LogP contribution < -0.4 is 5.32 Å². The van der Waals surface area contributed by atoms with Crippen molar-refractivity contribution >= 4 is 27.7 Å². The average Bonchev–Trinajstić information content (AvgIpc) is 2.46. The summed E-state index contributed by atoms with van der Waals surface area (Å²) in [6, 6.07) is 4.93. The molecule has 2 rings (SSSR count). The number of carbonyl (C=O) groups is 2. The van der Waals surface area contributed by atoms with Gasteiger partial charge in [-0.05, 0) is 37.6 Å². The Morgan fingerprint density at radius 3 is 2.57 bits per heavy atom. The molecule has 6 heteroatoms. The zero-order valence-electron chi connectivity index (χ0n) is 12.2. The predicted octanol–water partition coefficient (Wildman–Crippen LogP) is 1.73. The first-order chi connectivity index (χ1) is 9.97. The Morgan fingerprint density at radius 1 is 1.29 bits per heavy atom. The van der Waals surface area contributed by atoms with Gasteiger partial charge in [0, 0.05) is 23.1 Å². The predicted molar refractivity (Wildman–Crippen MR) is 83.2 cm³/mol. The van der Waals surface area contributed by atoms with E-state index in [1.54, 1.807) is 24.0 Å². The van der Waals surface area contributed by atoms with E-state index in [0.717, 1.165) is 10.0 Å². The van der Waals surface area contributed by atoms with Crippen LogP contribution >= 0.6 is 15.9 Å². The first-order valence-electron chi connectivity index (χ1n) is 6.92. The highest BCUT2D eigenvalue weighted by molar-refractivity contribution is 9.10. The van der Waals surface area contributed by atoms with Crippen LogP contribution in [-0.2, 0) is 9.53 Å². The van der Waals surface area contributed by atoms with Crippen molar-refractivity contribution in [3.8, 4) is 0 Å². The van der Waals surface area contributed by atoms with Crippen LogP contribution in [0.15, 0.2) is 22.7 Å². The van der Waals surface area contributed by atoms with Gasteiger partial charge >= 0.3 is 0 Å². The smallest absolute Gasteiger partial charge is 0.251 e. The van der Waals surface area contributed by atoms with Gasteiger partial charge in [0.05, 0.1) is 13.2 Å². The lowest BCUT2D eigenvalue weighted by atomic mass is 10.1. The van der Waals surface area contributed by atoms with E-state index in [0.29, 0.717) is 31.9 Å². The molecule has 5 nitrogen and oxygen atoms in total. The minimum Gasteiger partial charge on any atom is -0.378 e. The number of hydrogen-bond acceptors (Lipinski definition) is 3. The molecule has 0 spiro atoms. The van der Waals surface area contributed by atoms with Crippen molar-refractivity contribution in [2.75, 3.05) is 26.3 Å². The molecule has 1 heterocycles. The molecule has 0 aliphatic carbocycles. The molecule has 0 aromatic heterocycles. The molecule has 1 aliphatic rings. The van der Waals surface area contributed by atoms with Gasteiger partial charge in [0.15, 0.2) is 0 Å². The summed E-state index contributed by atoms with van der Waals surface area (Å²) in [6.45, 7) is 5.89. The second-order valence-corrected chi connectivity index (χ2v) is 6.07. The van der Waals surface area contributed by atoms with E-state index in [1.807, 2.05) is 13.0 Å². The van der Waals surface area contributed by atoms with Gasteiger partial charge in [-0.2, -0.15) is 0 Å². The summed E-state index contributed by atoms with van der Waals surface area (Å²) in [5.41, 5.74) is 1.53. The summed E-state index contributed by atoms with van der Waals surface area (Å²) >= 11 is 3.37. The van der Waals surface area contributed by atoms with E-state index in [9.17, 15) is 9.59 Å². The number of nitrogens with zero attached hydrogens (tertiary/aromatic N) is 1. The normalized spacial score (nSPS) is 16.4. The summed E-state index contributed by atoms with van der Waals surface area (Å²) in [5.74, 6) is -0.313. The van der Waals surface area contributed by atoms with Gasteiger partial charge in [-0.1, -0.05) is 15.9 Å². The van der Waals surface area contributed by atoms with Crippen LogP contribution in [0.1, 0.15) is 22.8 Å². The topological polar surface area (TPSA) is 58.6 Å². The summed E-state index contributed by atoms with van der Waals surface area (Å²) in [7, 11) is 0. The van der Waals surface area contributed by atoms with Crippen LogP contribution in [0, 0.1) is 6.92 Å². The highest BCUT2D eigenvalue weighted by Gasteiger charge is 2.24. The fourth-order valence-corrected chi connectivity index (χ4v) is 2.87. The van der Waals surface area contributed by atoms with Crippen molar-refractivity contribution in [1.29, 1.82) is 0 Å². The zero-order chi connectivity index (χ0) is 15.4. The molecule has 1 aliphatic heterocycles. The summed E-state index contributed by atoms with van der Waals surface area (Å²) < 4.78 is 6.07.